The molecule has 2 heterocycles. The van der Waals surface area contributed by atoms with Gasteiger partial charge >= 0.3 is 5.97 Å². The largest absolute Gasteiger partial charge is 0.488 e. The summed E-state index contributed by atoms with van der Waals surface area (Å²) in [5.74, 6) is 0.0655. The van der Waals surface area contributed by atoms with E-state index in [0.29, 0.717) is 55.0 Å². The summed E-state index contributed by atoms with van der Waals surface area (Å²) < 4.78 is 13.2. The smallest absolute Gasteiger partial charge is 0.338 e. The molecule has 0 unspecified atom stereocenters. The Labute approximate surface area is 239 Å². The van der Waals surface area contributed by atoms with Gasteiger partial charge in [-0.15, -0.1) is 0 Å². The summed E-state index contributed by atoms with van der Waals surface area (Å²) in [6, 6.07) is 21.4. The lowest BCUT2D eigenvalue weighted by molar-refractivity contribution is -0.136. The van der Waals surface area contributed by atoms with Gasteiger partial charge in [0.05, 0.1) is 29.0 Å². The minimum Gasteiger partial charge on any atom is -0.488 e. The van der Waals surface area contributed by atoms with Crippen molar-refractivity contribution in [3.63, 3.8) is 0 Å². The van der Waals surface area contributed by atoms with Gasteiger partial charge in [-0.05, 0) is 54.0 Å². The van der Waals surface area contributed by atoms with Crippen LogP contribution in [-0.4, -0.2) is 17.6 Å². The zero-order valence-electron chi connectivity index (χ0n) is 21.2. The summed E-state index contributed by atoms with van der Waals surface area (Å²) >= 11 is 13.6. The van der Waals surface area contributed by atoms with Crippen LogP contribution in [0.25, 0.3) is 6.08 Å². The van der Waals surface area contributed by atoms with Crippen LogP contribution in [-0.2, 0) is 16.1 Å². The Hall–Kier alpha value is -3.65. The number of thiazole rings is 1. The summed E-state index contributed by atoms with van der Waals surface area (Å²) in [5.41, 5.74) is 3.08. The maximum Gasteiger partial charge on any atom is 0.338 e. The monoisotopic (exact) mass is 578 g/mol. The molecule has 1 atom stereocenters. The van der Waals surface area contributed by atoms with Gasteiger partial charge in [-0.2, -0.15) is 0 Å². The van der Waals surface area contributed by atoms with Gasteiger partial charge in [0.1, 0.15) is 12.4 Å². The first-order valence-electron chi connectivity index (χ1n) is 12.2. The quantitative estimate of drug-likeness (QED) is 0.264. The van der Waals surface area contributed by atoms with Gasteiger partial charge < -0.3 is 9.47 Å². The first kappa shape index (κ1) is 26.9. The van der Waals surface area contributed by atoms with Gasteiger partial charge in [0.2, 0.25) is 0 Å². The van der Waals surface area contributed by atoms with Crippen LogP contribution in [0.2, 0.25) is 10.0 Å². The molecule has 0 radical (unpaired) electrons. The van der Waals surface area contributed by atoms with Crippen LogP contribution in [0.15, 0.2) is 93.9 Å². The van der Waals surface area contributed by atoms with E-state index in [1.807, 2.05) is 49.4 Å². The van der Waals surface area contributed by atoms with E-state index in [1.165, 1.54) is 18.4 Å². The van der Waals surface area contributed by atoms with E-state index in [0.717, 1.165) is 11.1 Å². The summed E-state index contributed by atoms with van der Waals surface area (Å²) in [6.07, 6.45) is 2.26. The van der Waals surface area contributed by atoms with Crippen LogP contribution in [0.4, 0.5) is 0 Å². The number of benzene rings is 3. The standard InChI is InChI=1S/C30H24Cl2N2O4S/c1-3-23-26(29(36)37-2)27(19-7-5-4-6-8-19)34-28(35)25(39-30(34)33-23)16-20-15-22(32)13-14-24(20)38-17-18-9-11-21(31)12-10-18/h4-16,27H,3,17H2,1-2H3/b25-16+/t27-/m0/s1. The van der Waals surface area contributed by atoms with Gasteiger partial charge in [-0.1, -0.05) is 83.9 Å². The molecular weight excluding hydrogens is 555 g/mol. The molecule has 1 aromatic heterocycles. The van der Waals surface area contributed by atoms with Crippen LogP contribution in [0.5, 0.6) is 5.75 Å². The molecule has 0 bridgehead atoms. The lowest BCUT2D eigenvalue weighted by Gasteiger charge is -2.25. The number of nitrogens with zero attached hydrogens (tertiary/aromatic N) is 2. The highest BCUT2D eigenvalue weighted by atomic mass is 35.5. The molecule has 0 aliphatic carbocycles. The van der Waals surface area contributed by atoms with Crippen molar-refractivity contribution >= 4 is 46.6 Å². The van der Waals surface area contributed by atoms with E-state index < -0.39 is 12.0 Å². The molecular formula is C30H24Cl2N2O4S. The van der Waals surface area contributed by atoms with Crippen molar-refractivity contribution in [1.82, 2.24) is 4.57 Å². The molecule has 0 spiro atoms. The molecule has 4 aromatic rings. The van der Waals surface area contributed by atoms with Crippen LogP contribution in [0, 0.1) is 0 Å². The molecule has 1 aliphatic rings. The Morgan fingerprint density at radius 2 is 1.77 bits per heavy atom. The zero-order valence-corrected chi connectivity index (χ0v) is 23.5. The first-order valence-corrected chi connectivity index (χ1v) is 13.8. The Morgan fingerprint density at radius 3 is 2.46 bits per heavy atom. The summed E-state index contributed by atoms with van der Waals surface area (Å²) in [4.78, 5) is 32.0. The number of carbonyl (C=O) groups is 1. The summed E-state index contributed by atoms with van der Waals surface area (Å²) in [6.45, 7) is 2.24. The molecule has 5 rings (SSSR count). The number of methoxy groups -OCH3 is 1. The second-order valence-corrected chi connectivity index (χ2v) is 10.7. The van der Waals surface area contributed by atoms with E-state index in [-0.39, 0.29) is 5.56 Å². The molecule has 9 heteroatoms. The number of halogens is 2. The average Bonchev–Trinajstić information content (AvgIpc) is 3.26. The second-order valence-electron chi connectivity index (χ2n) is 8.80. The predicted octanol–water partition coefficient (Wildman–Crippen LogP) is 5.68. The van der Waals surface area contributed by atoms with Gasteiger partial charge in [0, 0.05) is 15.6 Å². The van der Waals surface area contributed by atoms with Crippen molar-refractivity contribution in [2.75, 3.05) is 7.11 Å². The van der Waals surface area contributed by atoms with Crippen molar-refractivity contribution in [3.8, 4) is 5.75 Å². The molecule has 1 aliphatic heterocycles. The number of aromatic nitrogens is 1. The van der Waals surface area contributed by atoms with Crippen molar-refractivity contribution < 1.29 is 14.3 Å². The Morgan fingerprint density at radius 1 is 1.05 bits per heavy atom. The van der Waals surface area contributed by atoms with Gasteiger partial charge in [-0.25, -0.2) is 9.79 Å². The molecule has 3 aromatic carbocycles. The molecule has 0 saturated heterocycles. The second kappa shape index (κ2) is 11.6. The maximum absolute atomic E-state index is 13.9. The number of rotatable bonds is 7. The number of hydrogen-bond donors (Lipinski definition) is 0. The molecule has 0 N–H and O–H groups in total. The van der Waals surface area contributed by atoms with Crippen LogP contribution < -0.4 is 19.6 Å². The topological polar surface area (TPSA) is 69.9 Å². The number of allylic oxidation sites excluding steroid dienone is 1. The minimum absolute atomic E-state index is 0.271. The summed E-state index contributed by atoms with van der Waals surface area (Å²) in [5, 5.41) is 1.16. The Kier molecular flexibility index (Phi) is 8.02. The first-order chi connectivity index (χ1) is 18.9. The molecule has 0 saturated carbocycles. The van der Waals surface area contributed by atoms with Crippen molar-refractivity contribution in [3.05, 3.63) is 130 Å². The fourth-order valence-electron chi connectivity index (χ4n) is 4.46. The number of ether oxygens (including phenoxy) is 2. The number of hydrogen-bond acceptors (Lipinski definition) is 6. The third-order valence-corrected chi connectivity index (χ3v) is 7.80. The minimum atomic E-state index is -0.660. The highest BCUT2D eigenvalue weighted by Gasteiger charge is 2.33. The van der Waals surface area contributed by atoms with Gasteiger partial charge in [0.15, 0.2) is 4.80 Å². The number of carbonyl (C=O) groups excluding carboxylic acids is 1. The Balaban J connectivity index is 1.63. The lowest BCUT2D eigenvalue weighted by Crippen LogP contribution is -2.40. The van der Waals surface area contributed by atoms with Gasteiger partial charge in [-0.3, -0.25) is 9.36 Å². The predicted molar refractivity (Wildman–Crippen MR) is 154 cm³/mol. The summed E-state index contributed by atoms with van der Waals surface area (Å²) in [7, 11) is 1.33. The van der Waals surface area contributed by atoms with E-state index in [1.54, 1.807) is 41.0 Å². The van der Waals surface area contributed by atoms with Crippen molar-refractivity contribution in [2.24, 2.45) is 4.99 Å². The molecule has 0 fully saturated rings. The van der Waals surface area contributed by atoms with E-state index >= 15 is 0 Å². The van der Waals surface area contributed by atoms with Crippen LogP contribution in [0.1, 0.15) is 36.1 Å². The molecule has 39 heavy (non-hydrogen) atoms. The number of esters is 1. The Bertz CT molecular complexity index is 1740. The SMILES string of the molecule is CCC1=C(C(=O)OC)[C@H](c2ccccc2)n2c(s/c(=C/c3cc(Cl)ccc3OCc3ccc(Cl)cc3)c2=O)=N1. The van der Waals surface area contributed by atoms with Crippen molar-refractivity contribution in [1.29, 1.82) is 0 Å². The molecule has 6 nitrogen and oxygen atoms in total. The van der Waals surface area contributed by atoms with E-state index in [2.05, 4.69) is 0 Å². The average molecular weight is 580 g/mol. The van der Waals surface area contributed by atoms with Crippen LogP contribution in [0.3, 0.4) is 0 Å². The third-order valence-electron chi connectivity index (χ3n) is 6.33. The third kappa shape index (κ3) is 5.57. The van der Waals surface area contributed by atoms with E-state index in [4.69, 9.17) is 37.7 Å². The normalized spacial score (nSPS) is 15.1. The lowest BCUT2D eigenvalue weighted by atomic mass is 9.95. The number of fused-ring (bicyclic) bond motifs is 1. The van der Waals surface area contributed by atoms with Gasteiger partial charge in [0.25, 0.3) is 5.56 Å². The fraction of sp³-hybridized carbons (Fsp3) is 0.167. The highest BCUT2D eigenvalue weighted by Crippen LogP contribution is 2.32. The molecule has 198 valence electrons. The molecule has 0 amide bonds. The van der Waals surface area contributed by atoms with Crippen molar-refractivity contribution in [2.45, 2.75) is 26.0 Å². The van der Waals surface area contributed by atoms with Crippen LogP contribution >= 0.6 is 34.5 Å². The van der Waals surface area contributed by atoms with E-state index in [9.17, 15) is 9.59 Å². The highest BCUT2D eigenvalue weighted by molar-refractivity contribution is 7.07. The fourth-order valence-corrected chi connectivity index (χ4v) is 5.78. The zero-order chi connectivity index (χ0) is 27.5. The maximum atomic E-state index is 13.9.